The van der Waals surface area contributed by atoms with Crippen LogP contribution in [0.1, 0.15) is 6.92 Å². The SMILES string of the molecule is CC(Oc1ccc(F)cc1)C(=O)NNC(=O)COc1ccc(Cl)cc1Br. The summed E-state index contributed by atoms with van der Waals surface area (Å²) in [7, 11) is 0. The van der Waals surface area contributed by atoms with Gasteiger partial charge in [0.15, 0.2) is 12.7 Å². The van der Waals surface area contributed by atoms with E-state index in [1.54, 1.807) is 18.2 Å². The zero-order chi connectivity index (χ0) is 19.1. The summed E-state index contributed by atoms with van der Waals surface area (Å²) in [5.41, 5.74) is 4.44. The lowest BCUT2D eigenvalue weighted by molar-refractivity contribution is -0.133. The molecule has 0 spiro atoms. The summed E-state index contributed by atoms with van der Waals surface area (Å²) in [5.74, 6) is -0.779. The number of ether oxygens (including phenoxy) is 2. The molecule has 0 saturated carbocycles. The Morgan fingerprint density at radius 2 is 1.88 bits per heavy atom. The predicted octanol–water partition coefficient (Wildman–Crippen LogP) is 3.24. The second kappa shape index (κ2) is 9.40. The molecule has 2 N–H and O–H groups in total. The lowest BCUT2D eigenvalue weighted by atomic mass is 10.3. The van der Waals surface area contributed by atoms with Crippen molar-refractivity contribution in [3.8, 4) is 11.5 Å². The Labute approximate surface area is 162 Å². The summed E-state index contributed by atoms with van der Waals surface area (Å²) in [5, 5.41) is 0.524. The van der Waals surface area contributed by atoms with Crippen LogP contribution in [0.4, 0.5) is 4.39 Å². The first-order valence-electron chi connectivity index (χ1n) is 7.44. The van der Waals surface area contributed by atoms with Crippen LogP contribution in [0.15, 0.2) is 46.9 Å². The van der Waals surface area contributed by atoms with Crippen molar-refractivity contribution < 1.29 is 23.5 Å². The van der Waals surface area contributed by atoms with Crippen molar-refractivity contribution in [1.82, 2.24) is 10.9 Å². The molecule has 2 aromatic rings. The number of hydrogen-bond donors (Lipinski definition) is 2. The van der Waals surface area contributed by atoms with Gasteiger partial charge in [-0.15, -0.1) is 0 Å². The van der Waals surface area contributed by atoms with Gasteiger partial charge in [0.05, 0.1) is 4.47 Å². The number of nitrogens with one attached hydrogen (secondary N) is 2. The standard InChI is InChI=1S/C17H15BrClFN2O4/c1-10(26-13-5-3-12(20)4-6-13)17(24)22-21-16(23)9-25-15-7-2-11(19)8-14(15)18/h2-8,10H,9H2,1H3,(H,21,23)(H,22,24). The number of rotatable bonds is 6. The van der Waals surface area contributed by atoms with Gasteiger partial charge < -0.3 is 9.47 Å². The third-order valence-electron chi connectivity index (χ3n) is 3.07. The van der Waals surface area contributed by atoms with E-state index in [0.29, 0.717) is 21.0 Å². The van der Waals surface area contributed by atoms with Gasteiger partial charge in [-0.1, -0.05) is 11.6 Å². The minimum absolute atomic E-state index is 0.312. The van der Waals surface area contributed by atoms with Gasteiger partial charge in [-0.3, -0.25) is 20.4 Å². The van der Waals surface area contributed by atoms with Crippen LogP contribution in [-0.4, -0.2) is 24.5 Å². The minimum atomic E-state index is -0.896. The average molecular weight is 446 g/mol. The van der Waals surface area contributed by atoms with E-state index in [1.165, 1.54) is 31.2 Å². The van der Waals surface area contributed by atoms with Gasteiger partial charge in [0.2, 0.25) is 0 Å². The van der Waals surface area contributed by atoms with E-state index in [1.807, 2.05) is 0 Å². The van der Waals surface area contributed by atoms with Crippen molar-refractivity contribution >= 4 is 39.3 Å². The molecule has 1 atom stereocenters. The molecular formula is C17H15BrClFN2O4. The summed E-state index contributed by atoms with van der Waals surface area (Å²) in [6.45, 7) is 1.18. The van der Waals surface area contributed by atoms with Crippen molar-refractivity contribution in [2.75, 3.05) is 6.61 Å². The molecule has 0 fully saturated rings. The third kappa shape index (κ3) is 6.20. The zero-order valence-corrected chi connectivity index (χ0v) is 15.9. The molecule has 0 heterocycles. The van der Waals surface area contributed by atoms with Crippen molar-refractivity contribution in [2.45, 2.75) is 13.0 Å². The number of carbonyl (C=O) groups excluding carboxylic acids is 2. The van der Waals surface area contributed by atoms with Crippen LogP contribution >= 0.6 is 27.5 Å². The molecule has 0 saturated heterocycles. The number of benzene rings is 2. The maximum atomic E-state index is 12.8. The van der Waals surface area contributed by atoms with Crippen LogP contribution in [0.3, 0.4) is 0 Å². The summed E-state index contributed by atoms with van der Waals surface area (Å²) < 4.78 is 24.1. The molecule has 2 rings (SSSR count). The Hall–Kier alpha value is -2.32. The monoisotopic (exact) mass is 444 g/mol. The first-order chi connectivity index (χ1) is 12.3. The zero-order valence-electron chi connectivity index (χ0n) is 13.6. The highest BCUT2D eigenvalue weighted by atomic mass is 79.9. The van der Waals surface area contributed by atoms with Crippen LogP contribution in [0.2, 0.25) is 5.02 Å². The van der Waals surface area contributed by atoms with Gasteiger partial charge in [0, 0.05) is 5.02 Å². The summed E-state index contributed by atoms with van der Waals surface area (Å²) in [6, 6.07) is 10.1. The molecule has 0 aromatic heterocycles. The molecule has 9 heteroatoms. The van der Waals surface area contributed by atoms with Crippen LogP contribution in [-0.2, 0) is 9.59 Å². The third-order valence-corrected chi connectivity index (χ3v) is 3.93. The van der Waals surface area contributed by atoms with Crippen LogP contribution in [0, 0.1) is 5.82 Å². The fourth-order valence-electron chi connectivity index (χ4n) is 1.78. The topological polar surface area (TPSA) is 76.7 Å². The fourth-order valence-corrected chi connectivity index (χ4v) is 2.57. The molecule has 0 aliphatic heterocycles. The molecule has 0 radical (unpaired) electrons. The predicted molar refractivity (Wildman–Crippen MR) is 97.4 cm³/mol. The average Bonchev–Trinajstić information content (AvgIpc) is 2.60. The van der Waals surface area contributed by atoms with E-state index in [-0.39, 0.29) is 6.61 Å². The Morgan fingerprint density at radius 1 is 1.19 bits per heavy atom. The van der Waals surface area contributed by atoms with E-state index in [4.69, 9.17) is 21.1 Å². The molecule has 0 aliphatic carbocycles. The Morgan fingerprint density at radius 3 is 2.54 bits per heavy atom. The van der Waals surface area contributed by atoms with Crippen molar-refractivity contribution in [2.24, 2.45) is 0 Å². The fraction of sp³-hybridized carbons (Fsp3) is 0.176. The van der Waals surface area contributed by atoms with E-state index in [9.17, 15) is 14.0 Å². The number of halogens is 3. The Kier molecular flexibility index (Phi) is 7.23. The van der Waals surface area contributed by atoms with Crippen LogP contribution in [0.25, 0.3) is 0 Å². The Bertz CT molecular complexity index is 789. The second-order valence-electron chi connectivity index (χ2n) is 5.11. The molecular weight excluding hydrogens is 431 g/mol. The maximum absolute atomic E-state index is 12.8. The number of hydrogen-bond acceptors (Lipinski definition) is 4. The minimum Gasteiger partial charge on any atom is -0.483 e. The lowest BCUT2D eigenvalue weighted by Crippen LogP contribution is -2.48. The van der Waals surface area contributed by atoms with Gasteiger partial charge in [-0.2, -0.15) is 0 Å². The molecule has 0 bridgehead atoms. The first kappa shape index (κ1) is 20.0. The maximum Gasteiger partial charge on any atom is 0.279 e. The van der Waals surface area contributed by atoms with Gasteiger partial charge in [0.25, 0.3) is 11.8 Å². The molecule has 2 aromatic carbocycles. The number of carbonyl (C=O) groups is 2. The smallest absolute Gasteiger partial charge is 0.279 e. The van der Waals surface area contributed by atoms with E-state index >= 15 is 0 Å². The van der Waals surface area contributed by atoms with Crippen LogP contribution < -0.4 is 20.3 Å². The highest BCUT2D eigenvalue weighted by molar-refractivity contribution is 9.10. The summed E-state index contributed by atoms with van der Waals surface area (Å²) in [4.78, 5) is 23.6. The molecule has 0 aliphatic rings. The molecule has 138 valence electrons. The van der Waals surface area contributed by atoms with Crippen molar-refractivity contribution in [1.29, 1.82) is 0 Å². The quantitative estimate of drug-likeness (QED) is 0.669. The van der Waals surface area contributed by atoms with E-state index < -0.39 is 23.7 Å². The van der Waals surface area contributed by atoms with Crippen LogP contribution in [0.5, 0.6) is 11.5 Å². The lowest BCUT2D eigenvalue weighted by Gasteiger charge is -2.15. The summed E-state index contributed by atoms with van der Waals surface area (Å²) in [6.07, 6.45) is -0.896. The summed E-state index contributed by atoms with van der Waals surface area (Å²) >= 11 is 9.08. The Balaban J connectivity index is 1.75. The van der Waals surface area contributed by atoms with Crippen molar-refractivity contribution in [3.05, 3.63) is 57.8 Å². The van der Waals surface area contributed by atoms with Gasteiger partial charge >= 0.3 is 0 Å². The molecule has 2 amide bonds. The van der Waals surface area contributed by atoms with Gasteiger partial charge in [-0.05, 0) is 65.3 Å². The van der Waals surface area contributed by atoms with E-state index in [2.05, 4.69) is 26.8 Å². The molecule has 6 nitrogen and oxygen atoms in total. The second-order valence-corrected chi connectivity index (χ2v) is 6.41. The van der Waals surface area contributed by atoms with E-state index in [0.717, 1.165) is 0 Å². The molecule has 26 heavy (non-hydrogen) atoms. The number of amides is 2. The van der Waals surface area contributed by atoms with Gasteiger partial charge in [-0.25, -0.2) is 4.39 Å². The van der Waals surface area contributed by atoms with Crippen molar-refractivity contribution in [3.63, 3.8) is 0 Å². The molecule has 1 unspecified atom stereocenters. The largest absolute Gasteiger partial charge is 0.483 e. The van der Waals surface area contributed by atoms with Gasteiger partial charge in [0.1, 0.15) is 17.3 Å². The number of hydrazine groups is 1. The highest BCUT2D eigenvalue weighted by Gasteiger charge is 2.15. The first-order valence-corrected chi connectivity index (χ1v) is 8.61. The highest BCUT2D eigenvalue weighted by Crippen LogP contribution is 2.27. The normalized spacial score (nSPS) is 11.4.